The third-order valence-corrected chi connectivity index (χ3v) is 5.92. The van der Waals surface area contributed by atoms with Crippen LogP contribution in [0.5, 0.6) is 0 Å². The molecular formula is C16H16BrF3N2O3S. The van der Waals surface area contributed by atoms with Crippen LogP contribution in [0.15, 0.2) is 40.0 Å². The van der Waals surface area contributed by atoms with Crippen molar-refractivity contribution in [2.75, 3.05) is 18.1 Å². The van der Waals surface area contributed by atoms with Crippen molar-refractivity contribution in [3.05, 3.63) is 51.8 Å². The molecule has 0 saturated heterocycles. The zero-order valence-electron chi connectivity index (χ0n) is 14.1. The fraction of sp³-hybridized carbons (Fsp3) is 0.312. The molecule has 0 bridgehead atoms. The largest absolute Gasteiger partial charge is 0.416 e. The van der Waals surface area contributed by atoms with E-state index >= 15 is 0 Å². The summed E-state index contributed by atoms with van der Waals surface area (Å²) in [5.74, 6) is 0. The molecule has 0 aliphatic heterocycles. The summed E-state index contributed by atoms with van der Waals surface area (Å²) >= 11 is 3.17. The van der Waals surface area contributed by atoms with Crippen LogP contribution in [0.2, 0.25) is 0 Å². The van der Waals surface area contributed by atoms with E-state index in [1.807, 2.05) is 0 Å². The Balaban J connectivity index is 2.64. The second-order valence-electron chi connectivity index (χ2n) is 5.57. The summed E-state index contributed by atoms with van der Waals surface area (Å²) < 4.78 is 71.5. The second-order valence-corrected chi connectivity index (χ2v) is 8.18. The third kappa shape index (κ3) is 4.18. The molecule has 0 unspecified atom stereocenters. The number of methoxy groups -OCH3 is 1. The highest BCUT2D eigenvalue weighted by Gasteiger charge is 2.35. The molecule has 5 nitrogen and oxygen atoms in total. The van der Waals surface area contributed by atoms with Gasteiger partial charge in [-0.3, -0.25) is 0 Å². The number of rotatable bonds is 5. The number of alkyl halides is 3. The molecule has 0 N–H and O–H groups in total. The van der Waals surface area contributed by atoms with Crippen molar-refractivity contribution in [1.82, 2.24) is 4.98 Å². The predicted molar refractivity (Wildman–Crippen MR) is 94.4 cm³/mol. The van der Waals surface area contributed by atoms with Crippen molar-refractivity contribution < 1.29 is 26.3 Å². The average molecular weight is 453 g/mol. The number of aromatic nitrogens is 1. The van der Waals surface area contributed by atoms with Crippen LogP contribution in [0.4, 0.5) is 18.9 Å². The van der Waals surface area contributed by atoms with Gasteiger partial charge in [-0.2, -0.15) is 13.2 Å². The molecule has 0 aliphatic carbocycles. The molecule has 2 aromatic rings. The Kier molecular flexibility index (Phi) is 5.99. The molecule has 0 fully saturated rings. The number of anilines is 1. The van der Waals surface area contributed by atoms with E-state index in [1.54, 1.807) is 13.0 Å². The Labute approximate surface area is 158 Å². The van der Waals surface area contributed by atoms with E-state index in [1.165, 1.54) is 20.2 Å². The van der Waals surface area contributed by atoms with Crippen LogP contribution < -0.4 is 4.31 Å². The lowest BCUT2D eigenvalue weighted by atomic mass is 10.1. The summed E-state index contributed by atoms with van der Waals surface area (Å²) in [6, 6.07) is 4.45. The van der Waals surface area contributed by atoms with Crippen LogP contribution in [0.1, 0.15) is 16.7 Å². The molecule has 0 saturated carbocycles. The SMILES string of the molecule is COCN(c1cc(C)cnc1Br)S(=O)(=O)c1ccc(C)c(C(F)(F)F)c1. The Morgan fingerprint density at radius 3 is 2.46 bits per heavy atom. The van der Waals surface area contributed by atoms with E-state index in [0.717, 1.165) is 16.4 Å². The van der Waals surface area contributed by atoms with E-state index < -0.39 is 26.7 Å². The van der Waals surface area contributed by atoms with Crippen molar-refractivity contribution >= 4 is 31.6 Å². The van der Waals surface area contributed by atoms with Crippen LogP contribution >= 0.6 is 15.9 Å². The topological polar surface area (TPSA) is 59.5 Å². The van der Waals surface area contributed by atoms with Gasteiger partial charge in [0.05, 0.1) is 16.1 Å². The maximum Gasteiger partial charge on any atom is 0.416 e. The summed E-state index contributed by atoms with van der Waals surface area (Å²) in [4.78, 5) is 3.55. The molecule has 26 heavy (non-hydrogen) atoms. The lowest BCUT2D eigenvalue weighted by Crippen LogP contribution is -2.33. The van der Waals surface area contributed by atoms with Crippen molar-refractivity contribution in [2.24, 2.45) is 0 Å². The van der Waals surface area contributed by atoms with Gasteiger partial charge in [-0.05, 0) is 59.1 Å². The zero-order chi connectivity index (χ0) is 19.7. The van der Waals surface area contributed by atoms with Gasteiger partial charge in [0, 0.05) is 13.3 Å². The lowest BCUT2D eigenvalue weighted by molar-refractivity contribution is -0.138. The highest BCUT2D eigenvalue weighted by atomic mass is 79.9. The van der Waals surface area contributed by atoms with Crippen LogP contribution in [0.25, 0.3) is 0 Å². The van der Waals surface area contributed by atoms with Crippen molar-refractivity contribution in [1.29, 1.82) is 0 Å². The normalized spacial score (nSPS) is 12.3. The van der Waals surface area contributed by atoms with E-state index in [4.69, 9.17) is 4.74 Å². The van der Waals surface area contributed by atoms with Gasteiger partial charge in [-0.25, -0.2) is 17.7 Å². The number of hydrogen-bond donors (Lipinski definition) is 0. The molecule has 0 aliphatic rings. The smallest absolute Gasteiger partial charge is 0.363 e. The standard InChI is InChI=1S/C16H16BrF3N2O3S/c1-10-6-14(15(17)21-8-10)22(9-25-3)26(23,24)12-5-4-11(2)13(7-12)16(18,19)20/h4-8H,9H2,1-3H3. The molecule has 1 aromatic heterocycles. The highest BCUT2D eigenvalue weighted by Crippen LogP contribution is 2.35. The molecule has 2 rings (SSSR count). The van der Waals surface area contributed by atoms with Gasteiger partial charge < -0.3 is 4.74 Å². The van der Waals surface area contributed by atoms with Crippen LogP contribution in [0, 0.1) is 13.8 Å². The lowest BCUT2D eigenvalue weighted by Gasteiger charge is -2.25. The number of aryl methyl sites for hydroxylation is 2. The first-order valence-electron chi connectivity index (χ1n) is 7.30. The first kappa shape index (κ1) is 20.7. The van der Waals surface area contributed by atoms with Gasteiger partial charge >= 0.3 is 6.18 Å². The predicted octanol–water partition coefficient (Wildman–Crippen LogP) is 4.28. The van der Waals surface area contributed by atoms with Gasteiger partial charge in [-0.1, -0.05) is 6.07 Å². The average Bonchev–Trinajstić information content (AvgIpc) is 2.54. The highest BCUT2D eigenvalue weighted by molar-refractivity contribution is 9.10. The molecule has 10 heteroatoms. The first-order chi connectivity index (χ1) is 12.0. The maximum atomic E-state index is 13.2. The molecule has 142 valence electrons. The number of pyridine rings is 1. The quantitative estimate of drug-likeness (QED) is 0.501. The summed E-state index contributed by atoms with van der Waals surface area (Å²) in [6.45, 7) is 2.60. The number of sulfonamides is 1. The summed E-state index contributed by atoms with van der Waals surface area (Å²) in [7, 11) is -3.03. The van der Waals surface area contributed by atoms with Crippen LogP contribution in [-0.4, -0.2) is 27.2 Å². The van der Waals surface area contributed by atoms with E-state index in [-0.39, 0.29) is 22.6 Å². The maximum absolute atomic E-state index is 13.2. The third-order valence-electron chi connectivity index (χ3n) is 3.57. The Hall–Kier alpha value is -1.65. The zero-order valence-corrected chi connectivity index (χ0v) is 16.5. The van der Waals surface area contributed by atoms with Gasteiger partial charge in [0.1, 0.15) is 11.3 Å². The molecular weight excluding hydrogens is 437 g/mol. The Morgan fingerprint density at radius 1 is 1.23 bits per heavy atom. The number of nitrogens with zero attached hydrogens (tertiary/aromatic N) is 2. The summed E-state index contributed by atoms with van der Waals surface area (Å²) in [5.41, 5.74) is -0.217. The monoisotopic (exact) mass is 452 g/mol. The molecule has 0 spiro atoms. The van der Waals surface area contributed by atoms with Gasteiger partial charge in [0.2, 0.25) is 0 Å². The second kappa shape index (κ2) is 7.53. The van der Waals surface area contributed by atoms with Crippen molar-refractivity contribution in [3.8, 4) is 0 Å². The number of hydrogen-bond acceptors (Lipinski definition) is 4. The Bertz CT molecular complexity index is 917. The molecule has 0 radical (unpaired) electrons. The van der Waals surface area contributed by atoms with Crippen LogP contribution in [0.3, 0.4) is 0 Å². The van der Waals surface area contributed by atoms with Gasteiger partial charge in [0.25, 0.3) is 10.0 Å². The van der Waals surface area contributed by atoms with Gasteiger partial charge in [0.15, 0.2) is 0 Å². The molecule has 0 atom stereocenters. The molecule has 1 aromatic carbocycles. The van der Waals surface area contributed by atoms with Gasteiger partial charge in [-0.15, -0.1) is 0 Å². The van der Waals surface area contributed by atoms with Crippen molar-refractivity contribution in [3.63, 3.8) is 0 Å². The van der Waals surface area contributed by atoms with Crippen molar-refractivity contribution in [2.45, 2.75) is 24.9 Å². The number of benzene rings is 1. The molecule has 1 heterocycles. The fourth-order valence-electron chi connectivity index (χ4n) is 2.29. The van der Waals surface area contributed by atoms with E-state index in [2.05, 4.69) is 20.9 Å². The molecule has 0 amide bonds. The minimum atomic E-state index is -4.66. The van der Waals surface area contributed by atoms with E-state index in [9.17, 15) is 21.6 Å². The minimum absolute atomic E-state index is 0.0619. The summed E-state index contributed by atoms with van der Waals surface area (Å²) in [5, 5.41) is 0. The Morgan fingerprint density at radius 2 is 1.88 bits per heavy atom. The number of halogens is 4. The first-order valence-corrected chi connectivity index (χ1v) is 9.53. The fourth-order valence-corrected chi connectivity index (χ4v) is 4.24. The number of ether oxygens (including phenoxy) is 1. The van der Waals surface area contributed by atoms with Crippen LogP contribution in [-0.2, 0) is 20.9 Å². The summed E-state index contributed by atoms with van der Waals surface area (Å²) in [6.07, 6.45) is -3.13. The van der Waals surface area contributed by atoms with E-state index in [0.29, 0.717) is 11.6 Å². The minimum Gasteiger partial charge on any atom is -0.363 e.